The largest absolute Gasteiger partial charge is 0.378 e. The van der Waals surface area contributed by atoms with Crippen LogP contribution in [0.25, 0.3) is 0 Å². The number of piperidine rings is 1. The van der Waals surface area contributed by atoms with E-state index in [-0.39, 0.29) is 41.8 Å². The summed E-state index contributed by atoms with van der Waals surface area (Å²) in [5.74, 6) is 1.13. The molecule has 0 bridgehead atoms. The van der Waals surface area contributed by atoms with Crippen LogP contribution in [0.2, 0.25) is 0 Å². The third-order valence-corrected chi connectivity index (χ3v) is 4.86. The second kappa shape index (κ2) is 9.71. The average Bonchev–Trinajstić information content (AvgIpc) is 3.35. The highest BCUT2D eigenvalue weighted by atomic mass is 127. The standard InChI is InChI=1S/C19H28FN3O.HI/c1-3-21-19(23-11-9-14(10-12-23)24-4-2)22-18-13-16(18)15-7-5-6-8-17(15)20;/h5-8,14,16,18H,3-4,9-13H2,1-2H3,(H,21,22);1H. The minimum Gasteiger partial charge on any atom is -0.378 e. The van der Waals surface area contributed by atoms with Gasteiger partial charge in [0.05, 0.1) is 6.10 Å². The number of guanidine groups is 1. The lowest BCUT2D eigenvalue weighted by Gasteiger charge is -2.34. The first-order valence-electron chi connectivity index (χ1n) is 9.14. The molecule has 0 radical (unpaired) electrons. The highest BCUT2D eigenvalue weighted by molar-refractivity contribution is 14.0. The topological polar surface area (TPSA) is 36.9 Å². The van der Waals surface area contributed by atoms with Crippen LogP contribution >= 0.6 is 24.0 Å². The number of nitrogens with one attached hydrogen (secondary N) is 1. The number of benzene rings is 1. The van der Waals surface area contributed by atoms with Crippen LogP contribution in [0.4, 0.5) is 4.39 Å². The fourth-order valence-electron chi connectivity index (χ4n) is 3.50. The van der Waals surface area contributed by atoms with Gasteiger partial charge in [0.1, 0.15) is 5.82 Å². The summed E-state index contributed by atoms with van der Waals surface area (Å²) < 4.78 is 19.7. The number of aliphatic imine (C=N–C) groups is 1. The molecule has 2 atom stereocenters. The van der Waals surface area contributed by atoms with Gasteiger partial charge >= 0.3 is 0 Å². The Kier molecular flexibility index (Phi) is 7.93. The second-order valence-electron chi connectivity index (χ2n) is 6.55. The van der Waals surface area contributed by atoms with Crippen LogP contribution in [-0.2, 0) is 4.74 Å². The summed E-state index contributed by atoms with van der Waals surface area (Å²) in [6.07, 6.45) is 3.43. The number of hydrogen-bond acceptors (Lipinski definition) is 2. The van der Waals surface area contributed by atoms with E-state index in [4.69, 9.17) is 4.74 Å². The zero-order valence-corrected chi connectivity index (χ0v) is 17.4. The predicted molar refractivity (Wildman–Crippen MR) is 110 cm³/mol. The summed E-state index contributed by atoms with van der Waals surface area (Å²) in [7, 11) is 0. The van der Waals surface area contributed by atoms with Crippen molar-refractivity contribution in [2.24, 2.45) is 4.99 Å². The molecule has 1 saturated carbocycles. The molecule has 4 nitrogen and oxygen atoms in total. The highest BCUT2D eigenvalue weighted by Gasteiger charge is 2.41. The Morgan fingerprint density at radius 1 is 1.28 bits per heavy atom. The first-order valence-corrected chi connectivity index (χ1v) is 9.14. The van der Waals surface area contributed by atoms with Crippen LogP contribution in [0.5, 0.6) is 0 Å². The number of nitrogens with zero attached hydrogens (tertiary/aromatic N) is 2. The second-order valence-corrected chi connectivity index (χ2v) is 6.55. The van der Waals surface area contributed by atoms with E-state index in [1.54, 1.807) is 12.1 Å². The summed E-state index contributed by atoms with van der Waals surface area (Å²) >= 11 is 0. The molecule has 1 saturated heterocycles. The smallest absolute Gasteiger partial charge is 0.194 e. The van der Waals surface area contributed by atoms with Crippen LogP contribution in [-0.4, -0.2) is 49.2 Å². The zero-order chi connectivity index (χ0) is 16.9. The van der Waals surface area contributed by atoms with Gasteiger partial charge in [0, 0.05) is 38.2 Å². The van der Waals surface area contributed by atoms with Crippen molar-refractivity contribution in [2.45, 2.75) is 51.2 Å². The monoisotopic (exact) mass is 461 g/mol. The van der Waals surface area contributed by atoms with Gasteiger partial charge in [-0.25, -0.2) is 4.39 Å². The van der Waals surface area contributed by atoms with E-state index in [1.807, 2.05) is 19.1 Å². The summed E-state index contributed by atoms with van der Waals surface area (Å²) in [6, 6.07) is 7.39. The van der Waals surface area contributed by atoms with Gasteiger partial charge in [-0.15, -0.1) is 24.0 Å². The van der Waals surface area contributed by atoms with Crippen molar-refractivity contribution >= 4 is 29.9 Å². The maximum Gasteiger partial charge on any atom is 0.194 e. The van der Waals surface area contributed by atoms with Gasteiger partial charge in [0.15, 0.2) is 5.96 Å². The molecule has 0 aromatic heterocycles. The van der Waals surface area contributed by atoms with Crippen LogP contribution in [0, 0.1) is 5.82 Å². The summed E-state index contributed by atoms with van der Waals surface area (Å²) in [5, 5.41) is 3.55. The maximum absolute atomic E-state index is 13.9. The lowest BCUT2D eigenvalue weighted by Crippen LogP contribution is -2.48. The predicted octanol–water partition coefficient (Wildman–Crippen LogP) is 3.77. The highest BCUT2D eigenvalue weighted by Crippen LogP contribution is 2.41. The average molecular weight is 461 g/mol. The van der Waals surface area contributed by atoms with Gasteiger partial charge in [-0.05, 0) is 44.7 Å². The van der Waals surface area contributed by atoms with E-state index < -0.39 is 0 Å². The first-order chi connectivity index (χ1) is 11.7. The molecule has 6 heteroatoms. The Hall–Kier alpha value is -0.890. The summed E-state index contributed by atoms with van der Waals surface area (Å²) in [5.41, 5.74) is 0.820. The third-order valence-electron chi connectivity index (χ3n) is 4.86. The van der Waals surface area contributed by atoms with E-state index >= 15 is 0 Å². The van der Waals surface area contributed by atoms with Crippen molar-refractivity contribution in [3.8, 4) is 0 Å². The van der Waals surface area contributed by atoms with Gasteiger partial charge < -0.3 is 15.0 Å². The molecule has 25 heavy (non-hydrogen) atoms. The van der Waals surface area contributed by atoms with Crippen molar-refractivity contribution in [1.82, 2.24) is 10.2 Å². The van der Waals surface area contributed by atoms with Crippen LogP contribution in [0.1, 0.15) is 44.6 Å². The lowest BCUT2D eigenvalue weighted by atomic mass is 10.1. The molecular formula is C19H29FIN3O. The molecule has 140 valence electrons. The number of hydrogen-bond donors (Lipinski definition) is 1. The van der Waals surface area contributed by atoms with E-state index in [0.717, 1.165) is 57.0 Å². The van der Waals surface area contributed by atoms with Crippen LogP contribution in [0.15, 0.2) is 29.3 Å². The maximum atomic E-state index is 13.9. The molecule has 0 amide bonds. The molecule has 2 unspecified atom stereocenters. The van der Waals surface area contributed by atoms with E-state index in [1.165, 1.54) is 0 Å². The minimum atomic E-state index is -0.0988. The molecule has 3 rings (SSSR count). The van der Waals surface area contributed by atoms with Crippen molar-refractivity contribution in [3.05, 3.63) is 35.6 Å². The first kappa shape index (κ1) is 20.4. The Balaban J connectivity index is 0.00000225. The molecule has 1 heterocycles. The molecule has 1 aromatic rings. The number of rotatable bonds is 5. The quantitative estimate of drug-likeness (QED) is 0.412. The Morgan fingerprint density at radius 3 is 2.64 bits per heavy atom. The normalized spacial score (nSPS) is 24.0. The third kappa shape index (κ3) is 5.29. The lowest BCUT2D eigenvalue weighted by molar-refractivity contribution is 0.0263. The van der Waals surface area contributed by atoms with Crippen molar-refractivity contribution < 1.29 is 9.13 Å². The van der Waals surface area contributed by atoms with Gasteiger partial charge in [0.25, 0.3) is 0 Å². The Bertz CT molecular complexity index is 576. The van der Waals surface area contributed by atoms with Gasteiger partial charge in [-0.3, -0.25) is 4.99 Å². The molecule has 2 aliphatic rings. The van der Waals surface area contributed by atoms with E-state index in [2.05, 4.69) is 22.1 Å². The molecule has 2 fully saturated rings. The summed E-state index contributed by atoms with van der Waals surface area (Å²) in [6.45, 7) is 7.57. The number of halogens is 2. The van der Waals surface area contributed by atoms with Crippen molar-refractivity contribution in [2.75, 3.05) is 26.2 Å². The fourth-order valence-corrected chi connectivity index (χ4v) is 3.50. The summed E-state index contributed by atoms with van der Waals surface area (Å²) in [4.78, 5) is 6.96. The van der Waals surface area contributed by atoms with E-state index in [0.29, 0.717) is 6.10 Å². The number of likely N-dealkylation sites (tertiary alicyclic amines) is 1. The van der Waals surface area contributed by atoms with Crippen molar-refractivity contribution in [1.29, 1.82) is 0 Å². The molecule has 1 aliphatic heterocycles. The van der Waals surface area contributed by atoms with Gasteiger partial charge in [0.2, 0.25) is 0 Å². The van der Waals surface area contributed by atoms with Crippen LogP contribution < -0.4 is 5.32 Å². The zero-order valence-electron chi connectivity index (χ0n) is 15.1. The molecule has 1 N–H and O–H groups in total. The van der Waals surface area contributed by atoms with Crippen LogP contribution in [0.3, 0.4) is 0 Å². The van der Waals surface area contributed by atoms with E-state index in [9.17, 15) is 4.39 Å². The Labute approximate surface area is 167 Å². The molecule has 1 aromatic carbocycles. The van der Waals surface area contributed by atoms with Crippen molar-refractivity contribution in [3.63, 3.8) is 0 Å². The SMILES string of the molecule is CCN=C(NC1CC1c1ccccc1F)N1CCC(OCC)CC1.I. The van der Waals surface area contributed by atoms with Gasteiger partial charge in [-0.1, -0.05) is 18.2 Å². The van der Waals surface area contributed by atoms with Gasteiger partial charge in [-0.2, -0.15) is 0 Å². The molecular weight excluding hydrogens is 432 g/mol. The minimum absolute atomic E-state index is 0. The molecule has 1 aliphatic carbocycles. The number of ether oxygens (including phenoxy) is 1. The molecule has 0 spiro atoms. The Morgan fingerprint density at radius 2 is 2.00 bits per heavy atom. The fraction of sp³-hybridized carbons (Fsp3) is 0.632.